The van der Waals surface area contributed by atoms with E-state index >= 15 is 0 Å². The highest BCUT2D eigenvalue weighted by atomic mass is 19.1. The van der Waals surface area contributed by atoms with Crippen molar-refractivity contribution >= 4 is 11.6 Å². The average Bonchev–Trinajstić information content (AvgIpc) is 2.27. The molecule has 100 valence electrons. The zero-order valence-corrected chi connectivity index (χ0v) is 10.6. The summed E-state index contributed by atoms with van der Waals surface area (Å²) in [4.78, 5) is 11.9. The molecule has 0 bridgehead atoms. The van der Waals surface area contributed by atoms with Gasteiger partial charge in [0.25, 0.3) is 5.91 Å². The summed E-state index contributed by atoms with van der Waals surface area (Å²) in [5.41, 5.74) is 5.89. The van der Waals surface area contributed by atoms with E-state index in [2.05, 4.69) is 5.32 Å². The smallest absolute Gasteiger partial charge is 0.253 e. The van der Waals surface area contributed by atoms with E-state index in [1.54, 1.807) is 0 Å². The summed E-state index contributed by atoms with van der Waals surface area (Å²) in [6.45, 7) is 3.87. The molecule has 1 aromatic carbocycles. The molecule has 1 rings (SSSR count). The van der Waals surface area contributed by atoms with Gasteiger partial charge in [0.15, 0.2) is 0 Å². The van der Waals surface area contributed by atoms with Crippen molar-refractivity contribution in [2.45, 2.75) is 26.3 Å². The Hall–Kier alpha value is -1.62. The van der Waals surface area contributed by atoms with Gasteiger partial charge >= 0.3 is 0 Å². The largest absolute Gasteiger partial charge is 0.398 e. The third-order valence-electron chi connectivity index (χ3n) is 2.57. The van der Waals surface area contributed by atoms with Crippen molar-refractivity contribution in [1.29, 1.82) is 0 Å². The Morgan fingerprint density at radius 3 is 2.67 bits per heavy atom. The molecule has 4 nitrogen and oxygen atoms in total. The van der Waals surface area contributed by atoms with Crippen LogP contribution in [0.25, 0.3) is 0 Å². The van der Waals surface area contributed by atoms with Crippen molar-refractivity contribution in [3.05, 3.63) is 29.6 Å². The normalized spacial score (nSPS) is 12.5. The summed E-state index contributed by atoms with van der Waals surface area (Å²) in [6, 6.07) is 3.30. The second kappa shape index (κ2) is 6.35. The molecule has 0 saturated carbocycles. The number of nitrogens with one attached hydrogen (secondary N) is 1. The Balaban J connectivity index is 2.74. The maximum absolute atomic E-state index is 12.9. The second-order valence-electron chi connectivity index (χ2n) is 4.71. The summed E-state index contributed by atoms with van der Waals surface area (Å²) in [7, 11) is 0. The summed E-state index contributed by atoms with van der Waals surface area (Å²) in [5, 5.41) is 11.9. The highest BCUT2D eigenvalue weighted by Crippen LogP contribution is 2.14. The number of hydrogen-bond acceptors (Lipinski definition) is 3. The van der Waals surface area contributed by atoms with E-state index in [1.165, 1.54) is 12.1 Å². The van der Waals surface area contributed by atoms with Gasteiger partial charge in [-0.25, -0.2) is 4.39 Å². The first-order chi connectivity index (χ1) is 8.43. The van der Waals surface area contributed by atoms with Crippen LogP contribution in [0.2, 0.25) is 0 Å². The van der Waals surface area contributed by atoms with Gasteiger partial charge in [0.2, 0.25) is 0 Å². The van der Waals surface area contributed by atoms with Gasteiger partial charge in [-0.3, -0.25) is 4.79 Å². The minimum atomic E-state index is -0.482. The molecular weight excluding hydrogens is 235 g/mol. The van der Waals surface area contributed by atoms with Gasteiger partial charge in [-0.1, -0.05) is 13.8 Å². The Labute approximate surface area is 106 Å². The molecule has 0 aliphatic heterocycles. The first kappa shape index (κ1) is 14.4. The summed E-state index contributed by atoms with van der Waals surface area (Å²) < 4.78 is 12.9. The predicted octanol–water partition coefficient (Wildman–Crippen LogP) is 1.54. The van der Waals surface area contributed by atoms with Crippen molar-refractivity contribution < 1.29 is 14.3 Å². The van der Waals surface area contributed by atoms with Crippen LogP contribution in [-0.4, -0.2) is 23.7 Å². The van der Waals surface area contributed by atoms with Gasteiger partial charge in [-0.15, -0.1) is 0 Å². The maximum Gasteiger partial charge on any atom is 0.253 e. The van der Waals surface area contributed by atoms with Crippen molar-refractivity contribution in [3.8, 4) is 0 Å². The van der Waals surface area contributed by atoms with Crippen LogP contribution in [-0.2, 0) is 0 Å². The number of carbonyl (C=O) groups excluding carboxylic acids is 1. The third-order valence-corrected chi connectivity index (χ3v) is 2.57. The molecule has 0 saturated heterocycles. The lowest BCUT2D eigenvalue weighted by Crippen LogP contribution is -2.38. The van der Waals surface area contributed by atoms with Gasteiger partial charge in [0.1, 0.15) is 5.82 Å². The van der Waals surface area contributed by atoms with E-state index in [1.807, 2.05) is 13.8 Å². The topological polar surface area (TPSA) is 75.3 Å². The van der Waals surface area contributed by atoms with E-state index in [9.17, 15) is 14.3 Å². The lowest BCUT2D eigenvalue weighted by atomic mass is 10.0. The Morgan fingerprint density at radius 2 is 2.17 bits per heavy atom. The number of benzene rings is 1. The van der Waals surface area contributed by atoms with Crippen LogP contribution in [0.3, 0.4) is 0 Å². The number of hydrogen-bond donors (Lipinski definition) is 3. The minimum Gasteiger partial charge on any atom is -0.398 e. The van der Waals surface area contributed by atoms with Crippen LogP contribution < -0.4 is 11.1 Å². The van der Waals surface area contributed by atoms with E-state index in [4.69, 9.17) is 5.73 Å². The van der Waals surface area contributed by atoms with E-state index in [0.717, 1.165) is 6.07 Å². The van der Waals surface area contributed by atoms with E-state index in [-0.39, 0.29) is 23.9 Å². The van der Waals surface area contributed by atoms with Gasteiger partial charge < -0.3 is 16.2 Å². The molecule has 0 radical (unpaired) electrons. The zero-order chi connectivity index (χ0) is 13.7. The van der Waals surface area contributed by atoms with Crippen molar-refractivity contribution in [3.63, 3.8) is 0 Å². The number of nitrogens with two attached hydrogens (primary N) is 1. The highest BCUT2D eigenvalue weighted by Gasteiger charge is 2.16. The molecule has 4 N–H and O–H groups in total. The molecule has 0 spiro atoms. The Morgan fingerprint density at radius 1 is 1.50 bits per heavy atom. The SMILES string of the molecule is CC(C)CC(CO)NC(=O)c1ccc(F)cc1N. The number of aliphatic hydroxyl groups is 1. The van der Waals surface area contributed by atoms with Gasteiger partial charge in [0.05, 0.1) is 18.2 Å². The van der Waals surface area contributed by atoms with Gasteiger partial charge in [0, 0.05) is 5.69 Å². The van der Waals surface area contributed by atoms with Crippen LogP contribution in [0.4, 0.5) is 10.1 Å². The number of carbonyl (C=O) groups is 1. The number of aliphatic hydroxyl groups excluding tert-OH is 1. The molecule has 1 unspecified atom stereocenters. The molecule has 0 heterocycles. The van der Waals surface area contributed by atoms with Crippen LogP contribution in [0.15, 0.2) is 18.2 Å². The molecule has 0 aliphatic carbocycles. The van der Waals surface area contributed by atoms with E-state index < -0.39 is 11.7 Å². The zero-order valence-electron chi connectivity index (χ0n) is 10.6. The second-order valence-corrected chi connectivity index (χ2v) is 4.71. The number of nitrogen functional groups attached to an aromatic ring is 1. The highest BCUT2D eigenvalue weighted by molar-refractivity contribution is 5.99. The van der Waals surface area contributed by atoms with Crippen LogP contribution in [0.5, 0.6) is 0 Å². The van der Waals surface area contributed by atoms with Crippen molar-refractivity contribution in [1.82, 2.24) is 5.32 Å². The predicted molar refractivity (Wildman–Crippen MR) is 68.6 cm³/mol. The first-order valence-electron chi connectivity index (χ1n) is 5.90. The van der Waals surface area contributed by atoms with Crippen LogP contribution >= 0.6 is 0 Å². The Kier molecular flexibility index (Phi) is 5.09. The summed E-state index contributed by atoms with van der Waals surface area (Å²) in [5.74, 6) is -0.523. The fraction of sp³-hybridized carbons (Fsp3) is 0.462. The maximum atomic E-state index is 12.9. The van der Waals surface area contributed by atoms with Gasteiger partial charge in [-0.2, -0.15) is 0 Å². The minimum absolute atomic E-state index is 0.0914. The summed E-state index contributed by atoms with van der Waals surface area (Å²) in [6.07, 6.45) is 0.670. The molecule has 18 heavy (non-hydrogen) atoms. The number of anilines is 1. The van der Waals surface area contributed by atoms with E-state index in [0.29, 0.717) is 12.3 Å². The monoisotopic (exact) mass is 254 g/mol. The third kappa shape index (κ3) is 4.00. The van der Waals surface area contributed by atoms with Gasteiger partial charge in [-0.05, 0) is 30.5 Å². The molecule has 1 amide bonds. The Bertz CT molecular complexity index is 421. The molecule has 1 atom stereocenters. The quantitative estimate of drug-likeness (QED) is 0.698. The molecule has 0 aromatic heterocycles. The average molecular weight is 254 g/mol. The van der Waals surface area contributed by atoms with Crippen LogP contribution in [0.1, 0.15) is 30.6 Å². The van der Waals surface area contributed by atoms with Crippen molar-refractivity contribution in [2.75, 3.05) is 12.3 Å². The lowest BCUT2D eigenvalue weighted by molar-refractivity contribution is 0.0909. The molecule has 0 fully saturated rings. The lowest BCUT2D eigenvalue weighted by Gasteiger charge is -2.18. The van der Waals surface area contributed by atoms with Crippen LogP contribution in [0, 0.1) is 11.7 Å². The molecule has 0 aliphatic rings. The molecular formula is C13H19FN2O2. The molecule has 1 aromatic rings. The molecule has 5 heteroatoms. The first-order valence-corrected chi connectivity index (χ1v) is 5.90. The standard InChI is InChI=1S/C13H19FN2O2/c1-8(2)5-10(7-17)16-13(18)11-4-3-9(14)6-12(11)15/h3-4,6,8,10,17H,5,7,15H2,1-2H3,(H,16,18). The number of amides is 1. The fourth-order valence-corrected chi connectivity index (χ4v) is 1.75. The number of halogens is 1. The van der Waals surface area contributed by atoms with Crippen molar-refractivity contribution in [2.24, 2.45) is 5.92 Å². The summed E-state index contributed by atoms with van der Waals surface area (Å²) >= 11 is 0. The fourth-order valence-electron chi connectivity index (χ4n) is 1.75. The number of rotatable bonds is 5.